The third kappa shape index (κ3) is 1.57. The molecule has 0 aliphatic carbocycles. The maximum absolute atomic E-state index is 11.7. The monoisotopic (exact) mass is 208 g/mol. The van der Waals surface area contributed by atoms with Crippen molar-refractivity contribution in [2.45, 2.75) is 19.1 Å². The standard InChI is InChI=1S/C11H12O4/c1-6-10(12)11(13)8-5-7(14-2)3-4-9(8)15-6/h3-6,10,12H,1-2H3/t6-,10+/m0/s1. The highest BCUT2D eigenvalue weighted by atomic mass is 16.5. The molecular formula is C11H12O4. The van der Waals surface area contributed by atoms with Gasteiger partial charge in [-0.2, -0.15) is 0 Å². The van der Waals surface area contributed by atoms with E-state index in [-0.39, 0.29) is 5.78 Å². The summed E-state index contributed by atoms with van der Waals surface area (Å²) < 4.78 is 10.4. The predicted octanol–water partition coefficient (Wildman–Crippen LogP) is 1.02. The van der Waals surface area contributed by atoms with Gasteiger partial charge in [0.2, 0.25) is 0 Å². The van der Waals surface area contributed by atoms with Crippen molar-refractivity contribution in [3.8, 4) is 11.5 Å². The molecule has 0 saturated heterocycles. The Morgan fingerprint density at radius 3 is 2.87 bits per heavy atom. The second kappa shape index (κ2) is 3.55. The topological polar surface area (TPSA) is 55.8 Å². The van der Waals surface area contributed by atoms with Crippen LogP contribution in [0.3, 0.4) is 0 Å². The van der Waals surface area contributed by atoms with Crippen molar-refractivity contribution in [3.05, 3.63) is 23.8 Å². The molecule has 4 nitrogen and oxygen atoms in total. The minimum absolute atomic E-state index is 0.317. The van der Waals surface area contributed by atoms with Gasteiger partial charge in [-0.1, -0.05) is 0 Å². The molecule has 0 bridgehead atoms. The first-order valence-corrected chi connectivity index (χ1v) is 4.70. The SMILES string of the molecule is COc1ccc2c(c1)C(=O)[C@H](O)[C@H](C)O2. The Kier molecular flexibility index (Phi) is 2.36. The fourth-order valence-electron chi connectivity index (χ4n) is 1.57. The summed E-state index contributed by atoms with van der Waals surface area (Å²) in [5, 5.41) is 9.54. The lowest BCUT2D eigenvalue weighted by molar-refractivity contribution is 0.0290. The summed E-state index contributed by atoms with van der Waals surface area (Å²) in [4.78, 5) is 11.7. The van der Waals surface area contributed by atoms with Gasteiger partial charge in [-0.05, 0) is 25.1 Å². The summed E-state index contributed by atoms with van der Waals surface area (Å²) in [5.74, 6) is 0.758. The minimum Gasteiger partial charge on any atom is -0.497 e. The largest absolute Gasteiger partial charge is 0.497 e. The minimum atomic E-state index is -1.09. The Hall–Kier alpha value is -1.55. The molecule has 15 heavy (non-hydrogen) atoms. The van der Waals surface area contributed by atoms with E-state index < -0.39 is 12.2 Å². The molecule has 0 aromatic heterocycles. The normalized spacial score (nSPS) is 24.3. The van der Waals surface area contributed by atoms with Crippen molar-refractivity contribution in [1.29, 1.82) is 0 Å². The number of ether oxygens (including phenoxy) is 2. The molecule has 80 valence electrons. The number of rotatable bonds is 1. The van der Waals surface area contributed by atoms with Crippen LogP contribution in [0, 0.1) is 0 Å². The number of Topliss-reactive ketones (excluding diaryl/α,β-unsaturated/α-hetero) is 1. The van der Waals surface area contributed by atoms with Gasteiger partial charge in [0.05, 0.1) is 12.7 Å². The van der Waals surface area contributed by atoms with Gasteiger partial charge in [-0.3, -0.25) is 4.79 Å². The van der Waals surface area contributed by atoms with E-state index in [0.717, 1.165) is 0 Å². The number of ketones is 1. The second-order valence-electron chi connectivity index (χ2n) is 3.49. The zero-order valence-electron chi connectivity index (χ0n) is 8.56. The van der Waals surface area contributed by atoms with E-state index in [1.807, 2.05) is 0 Å². The molecule has 4 heteroatoms. The number of hydrogen-bond donors (Lipinski definition) is 1. The molecule has 1 aromatic carbocycles. The first-order valence-electron chi connectivity index (χ1n) is 4.70. The van der Waals surface area contributed by atoms with E-state index in [1.54, 1.807) is 25.1 Å². The van der Waals surface area contributed by atoms with Crippen LogP contribution in [0.5, 0.6) is 11.5 Å². The van der Waals surface area contributed by atoms with Gasteiger partial charge in [0.15, 0.2) is 11.9 Å². The highest BCUT2D eigenvalue weighted by molar-refractivity contribution is 6.03. The number of methoxy groups -OCH3 is 1. The Balaban J connectivity index is 2.47. The summed E-state index contributed by atoms with van der Waals surface area (Å²) in [6, 6.07) is 4.97. The summed E-state index contributed by atoms with van der Waals surface area (Å²) in [6.07, 6.45) is -1.59. The Bertz CT molecular complexity index is 400. The second-order valence-corrected chi connectivity index (χ2v) is 3.49. The summed E-state index contributed by atoms with van der Waals surface area (Å²) >= 11 is 0. The molecule has 2 rings (SSSR count). The lowest BCUT2D eigenvalue weighted by Crippen LogP contribution is -2.40. The van der Waals surface area contributed by atoms with Gasteiger partial charge in [0, 0.05) is 0 Å². The number of benzene rings is 1. The number of aliphatic hydroxyl groups is 1. The van der Waals surface area contributed by atoms with Crippen LogP contribution in [0.1, 0.15) is 17.3 Å². The van der Waals surface area contributed by atoms with Gasteiger partial charge in [0.25, 0.3) is 0 Å². The lowest BCUT2D eigenvalue weighted by atomic mass is 9.98. The molecule has 1 heterocycles. The predicted molar refractivity (Wildman–Crippen MR) is 53.4 cm³/mol. The fraction of sp³-hybridized carbons (Fsp3) is 0.364. The van der Waals surface area contributed by atoms with Gasteiger partial charge in [-0.15, -0.1) is 0 Å². The molecule has 0 radical (unpaired) electrons. The molecule has 0 saturated carbocycles. The average Bonchev–Trinajstić information content (AvgIpc) is 2.26. The number of aliphatic hydroxyl groups excluding tert-OH is 1. The van der Waals surface area contributed by atoms with Crippen molar-refractivity contribution in [2.75, 3.05) is 7.11 Å². The van der Waals surface area contributed by atoms with Crippen LogP contribution in [-0.2, 0) is 0 Å². The number of hydrogen-bond acceptors (Lipinski definition) is 4. The molecule has 0 spiro atoms. The van der Waals surface area contributed by atoms with Crippen molar-refractivity contribution in [2.24, 2.45) is 0 Å². The lowest BCUT2D eigenvalue weighted by Gasteiger charge is -2.26. The third-order valence-electron chi connectivity index (χ3n) is 2.48. The van der Waals surface area contributed by atoms with Crippen LogP contribution in [0.25, 0.3) is 0 Å². The molecule has 1 N–H and O–H groups in total. The first-order chi connectivity index (χ1) is 7.13. The van der Waals surface area contributed by atoms with Gasteiger partial charge < -0.3 is 14.6 Å². The van der Waals surface area contributed by atoms with E-state index in [2.05, 4.69) is 0 Å². The smallest absolute Gasteiger partial charge is 0.198 e. The fourth-order valence-corrected chi connectivity index (χ4v) is 1.57. The van der Waals surface area contributed by atoms with Crippen LogP contribution in [0.2, 0.25) is 0 Å². The van der Waals surface area contributed by atoms with E-state index in [9.17, 15) is 9.90 Å². The van der Waals surface area contributed by atoms with Crippen LogP contribution in [-0.4, -0.2) is 30.2 Å². The Morgan fingerprint density at radius 1 is 1.47 bits per heavy atom. The zero-order valence-corrected chi connectivity index (χ0v) is 8.56. The molecule has 1 aliphatic rings. The molecule has 1 aliphatic heterocycles. The van der Waals surface area contributed by atoms with Crippen LogP contribution in [0.4, 0.5) is 0 Å². The molecular weight excluding hydrogens is 196 g/mol. The van der Waals surface area contributed by atoms with Crippen LogP contribution < -0.4 is 9.47 Å². The third-order valence-corrected chi connectivity index (χ3v) is 2.48. The summed E-state index contributed by atoms with van der Waals surface area (Å²) in [6.45, 7) is 1.66. The molecule has 0 unspecified atom stereocenters. The summed E-state index contributed by atoms with van der Waals surface area (Å²) in [5.41, 5.74) is 0.375. The van der Waals surface area contributed by atoms with Crippen LogP contribution in [0.15, 0.2) is 18.2 Å². The molecule has 2 atom stereocenters. The van der Waals surface area contributed by atoms with Crippen molar-refractivity contribution >= 4 is 5.78 Å². The first kappa shape index (κ1) is 9.98. The van der Waals surface area contributed by atoms with Gasteiger partial charge in [0.1, 0.15) is 17.6 Å². The zero-order chi connectivity index (χ0) is 11.0. The van der Waals surface area contributed by atoms with E-state index in [0.29, 0.717) is 17.1 Å². The summed E-state index contributed by atoms with van der Waals surface area (Å²) in [7, 11) is 1.52. The van der Waals surface area contributed by atoms with Crippen LogP contribution >= 0.6 is 0 Å². The van der Waals surface area contributed by atoms with E-state index in [4.69, 9.17) is 9.47 Å². The number of fused-ring (bicyclic) bond motifs is 1. The number of carbonyl (C=O) groups is 1. The quantitative estimate of drug-likeness (QED) is 0.748. The number of carbonyl (C=O) groups excluding carboxylic acids is 1. The highest BCUT2D eigenvalue weighted by Gasteiger charge is 2.33. The van der Waals surface area contributed by atoms with E-state index in [1.165, 1.54) is 7.11 Å². The molecule has 0 fully saturated rings. The van der Waals surface area contributed by atoms with Crippen molar-refractivity contribution < 1.29 is 19.4 Å². The van der Waals surface area contributed by atoms with Gasteiger partial charge in [-0.25, -0.2) is 0 Å². The average molecular weight is 208 g/mol. The van der Waals surface area contributed by atoms with Crippen molar-refractivity contribution in [3.63, 3.8) is 0 Å². The molecule has 1 aromatic rings. The van der Waals surface area contributed by atoms with Crippen molar-refractivity contribution in [1.82, 2.24) is 0 Å². The molecule has 0 amide bonds. The van der Waals surface area contributed by atoms with Gasteiger partial charge >= 0.3 is 0 Å². The van der Waals surface area contributed by atoms with E-state index >= 15 is 0 Å². The maximum atomic E-state index is 11.7. The Labute approximate surface area is 87.4 Å². The Morgan fingerprint density at radius 2 is 2.20 bits per heavy atom. The maximum Gasteiger partial charge on any atom is 0.198 e. The highest BCUT2D eigenvalue weighted by Crippen LogP contribution is 2.30.